The van der Waals surface area contributed by atoms with Crippen LogP contribution in [-0.2, 0) is 4.74 Å². The van der Waals surface area contributed by atoms with E-state index in [2.05, 4.69) is 10.2 Å². The van der Waals surface area contributed by atoms with Crippen LogP contribution in [0, 0.1) is 33.9 Å². The number of allylic oxidation sites excluding steroid dienone is 1. The van der Waals surface area contributed by atoms with Gasteiger partial charge in [0.25, 0.3) is 0 Å². The maximum absolute atomic E-state index is 13.4. The zero-order chi connectivity index (χ0) is 21.8. The lowest BCUT2D eigenvalue weighted by atomic mass is 9.90. The minimum absolute atomic E-state index is 0.0923. The Morgan fingerprint density at radius 3 is 2.84 bits per heavy atom. The molecule has 4 rings (SSSR count). The van der Waals surface area contributed by atoms with Crippen LogP contribution in [-0.4, -0.2) is 55.8 Å². The molecule has 0 radical (unpaired) electrons. The number of hydrogen-bond donors (Lipinski definition) is 3. The van der Waals surface area contributed by atoms with E-state index in [9.17, 15) is 4.39 Å². The van der Waals surface area contributed by atoms with Gasteiger partial charge in [-0.1, -0.05) is 11.6 Å². The summed E-state index contributed by atoms with van der Waals surface area (Å²) in [4.78, 5) is 2.61. The maximum atomic E-state index is 13.4. The summed E-state index contributed by atoms with van der Waals surface area (Å²) in [5.74, 6) is 1.17. The van der Waals surface area contributed by atoms with Crippen LogP contribution < -0.4 is 5.32 Å². The van der Waals surface area contributed by atoms with Gasteiger partial charge in [-0.3, -0.25) is 5.41 Å². The molecule has 0 aromatic heterocycles. The number of benzene rings is 1. The van der Waals surface area contributed by atoms with Crippen LogP contribution in [0.15, 0.2) is 30.4 Å². The first kappa shape index (κ1) is 22.4. The topological polar surface area (TPSA) is 72.2 Å². The van der Waals surface area contributed by atoms with Gasteiger partial charge in [0.2, 0.25) is 0 Å². The molecule has 1 spiro atoms. The fraction of sp³-hybridized carbons (Fsp3) is 0.583. The molecule has 0 amide bonds. The van der Waals surface area contributed by atoms with Crippen molar-refractivity contribution < 1.29 is 9.13 Å². The zero-order valence-corrected chi connectivity index (χ0v) is 18.7. The van der Waals surface area contributed by atoms with E-state index in [1.54, 1.807) is 6.08 Å². The smallest absolute Gasteiger partial charge is 0.123 e. The second kappa shape index (κ2) is 9.80. The van der Waals surface area contributed by atoms with Crippen LogP contribution in [0.1, 0.15) is 37.7 Å². The van der Waals surface area contributed by atoms with Crippen molar-refractivity contribution in [3.8, 4) is 0 Å². The van der Waals surface area contributed by atoms with E-state index in [1.165, 1.54) is 76.0 Å². The third-order valence-corrected chi connectivity index (χ3v) is 7.49. The highest BCUT2D eigenvalue weighted by Crippen LogP contribution is 2.59. The molecule has 2 atom stereocenters. The molecular weight excluding hydrogens is 415 g/mol. The number of halogens is 2. The van der Waals surface area contributed by atoms with Gasteiger partial charge in [0.15, 0.2) is 0 Å². The monoisotopic (exact) mass is 446 g/mol. The van der Waals surface area contributed by atoms with Gasteiger partial charge in [0, 0.05) is 25.3 Å². The zero-order valence-electron chi connectivity index (χ0n) is 17.9. The molecule has 0 bridgehead atoms. The van der Waals surface area contributed by atoms with E-state index in [0.717, 1.165) is 19.8 Å². The summed E-state index contributed by atoms with van der Waals surface area (Å²) < 4.78 is 19.0. The number of likely N-dealkylation sites (tertiary alicyclic amines) is 1. The Morgan fingerprint density at radius 1 is 1.29 bits per heavy atom. The molecule has 7 heteroatoms. The van der Waals surface area contributed by atoms with Gasteiger partial charge >= 0.3 is 0 Å². The summed E-state index contributed by atoms with van der Waals surface area (Å²) in [7, 11) is 0. The highest BCUT2D eigenvalue weighted by Gasteiger charge is 2.54. The molecule has 2 saturated heterocycles. The van der Waals surface area contributed by atoms with Crippen LogP contribution in [0.25, 0.3) is 0 Å². The summed E-state index contributed by atoms with van der Waals surface area (Å²) >= 11 is 6.04. The number of hydrogen-bond acceptors (Lipinski definition) is 4. The molecular formula is C24H32ClFN4O. The van der Waals surface area contributed by atoms with Crippen molar-refractivity contribution in [1.29, 1.82) is 10.8 Å². The number of ether oxygens (including phenoxy) is 1. The summed E-state index contributed by atoms with van der Waals surface area (Å²) in [6, 6.07) is 3.96. The second-order valence-corrected chi connectivity index (χ2v) is 9.72. The molecule has 2 heterocycles. The van der Waals surface area contributed by atoms with E-state index in [-0.39, 0.29) is 11.5 Å². The molecule has 3 fully saturated rings. The first-order valence-electron chi connectivity index (χ1n) is 11.3. The third-order valence-electron chi connectivity index (χ3n) is 7.16. The van der Waals surface area contributed by atoms with Crippen LogP contribution in [0.3, 0.4) is 0 Å². The van der Waals surface area contributed by atoms with Gasteiger partial charge in [-0.05, 0) is 92.8 Å². The summed E-state index contributed by atoms with van der Waals surface area (Å²) in [6.45, 7) is 6.18. The minimum Gasteiger partial charge on any atom is -0.381 e. The van der Waals surface area contributed by atoms with E-state index >= 15 is 0 Å². The maximum Gasteiger partial charge on any atom is 0.123 e. The predicted octanol–water partition coefficient (Wildman–Crippen LogP) is 4.50. The molecule has 31 heavy (non-hydrogen) atoms. The normalized spacial score (nSPS) is 25.6. The van der Waals surface area contributed by atoms with Gasteiger partial charge < -0.3 is 20.4 Å². The van der Waals surface area contributed by atoms with Crippen LogP contribution >= 0.6 is 11.6 Å². The minimum atomic E-state index is -0.428. The van der Waals surface area contributed by atoms with Gasteiger partial charge in [-0.25, -0.2) is 4.39 Å². The van der Waals surface area contributed by atoms with Crippen molar-refractivity contribution in [2.75, 3.05) is 39.4 Å². The van der Waals surface area contributed by atoms with E-state index < -0.39 is 5.82 Å². The highest BCUT2D eigenvalue weighted by atomic mass is 35.5. The Balaban J connectivity index is 1.18. The molecule has 3 N–H and O–H groups in total. The fourth-order valence-electron chi connectivity index (χ4n) is 5.08. The molecule has 1 aromatic rings. The van der Waals surface area contributed by atoms with Crippen LogP contribution in [0.4, 0.5) is 4.39 Å². The second-order valence-electron chi connectivity index (χ2n) is 9.31. The Labute approximate surface area is 189 Å². The van der Waals surface area contributed by atoms with Gasteiger partial charge in [0.1, 0.15) is 11.7 Å². The fourth-order valence-corrected chi connectivity index (χ4v) is 5.30. The van der Waals surface area contributed by atoms with E-state index in [4.69, 9.17) is 27.2 Å². The van der Waals surface area contributed by atoms with Crippen molar-refractivity contribution in [3.63, 3.8) is 0 Å². The lowest BCUT2D eigenvalue weighted by Gasteiger charge is -2.36. The van der Waals surface area contributed by atoms with Crippen molar-refractivity contribution in [3.05, 3.63) is 46.8 Å². The number of rotatable bonds is 7. The Kier molecular flexibility index (Phi) is 7.09. The van der Waals surface area contributed by atoms with Crippen molar-refractivity contribution >= 4 is 23.1 Å². The third kappa shape index (κ3) is 5.73. The van der Waals surface area contributed by atoms with E-state index in [1.807, 2.05) is 0 Å². The van der Waals surface area contributed by atoms with Crippen LogP contribution in [0.2, 0.25) is 5.02 Å². The van der Waals surface area contributed by atoms with Gasteiger partial charge in [-0.2, -0.15) is 0 Å². The average molecular weight is 447 g/mol. The average Bonchev–Trinajstić information content (AvgIpc) is 3.46. The molecule has 1 saturated carbocycles. The number of nitrogens with one attached hydrogen (secondary N) is 3. The summed E-state index contributed by atoms with van der Waals surface area (Å²) in [5.41, 5.74) is 0.881. The lowest BCUT2D eigenvalue weighted by Crippen LogP contribution is -2.40. The molecule has 1 aliphatic carbocycles. The summed E-state index contributed by atoms with van der Waals surface area (Å²) in [5, 5.41) is 19.7. The molecule has 1 aromatic carbocycles. The first-order chi connectivity index (χ1) is 14.9. The van der Waals surface area contributed by atoms with Crippen molar-refractivity contribution in [2.45, 2.75) is 32.1 Å². The number of amidine groups is 1. The Hall–Kier alpha value is -1.76. The largest absolute Gasteiger partial charge is 0.381 e. The van der Waals surface area contributed by atoms with Gasteiger partial charge in [0.05, 0.1) is 17.3 Å². The molecule has 168 valence electrons. The highest BCUT2D eigenvalue weighted by molar-refractivity contribution is 6.34. The van der Waals surface area contributed by atoms with Gasteiger partial charge in [-0.15, -0.1) is 0 Å². The summed E-state index contributed by atoms with van der Waals surface area (Å²) in [6.07, 6.45) is 9.28. The molecule has 2 unspecified atom stereocenters. The molecule has 2 aliphatic heterocycles. The first-order valence-corrected chi connectivity index (χ1v) is 11.7. The SMILES string of the molecule is N=C(/C=C\C(=N)c1cc(F)ccc1Cl)NCC1CC12CCN(CC1CCCOC1)CC2. The lowest BCUT2D eigenvalue weighted by molar-refractivity contribution is 0.0308. The van der Waals surface area contributed by atoms with Crippen molar-refractivity contribution in [1.82, 2.24) is 10.2 Å². The van der Waals surface area contributed by atoms with Crippen molar-refractivity contribution in [2.24, 2.45) is 17.3 Å². The Bertz CT molecular complexity index is 844. The molecule has 3 aliphatic rings. The molecule has 5 nitrogen and oxygen atoms in total. The van der Waals surface area contributed by atoms with Crippen LogP contribution in [0.5, 0.6) is 0 Å². The predicted molar refractivity (Wildman–Crippen MR) is 123 cm³/mol. The number of piperidine rings is 1. The quantitative estimate of drug-likeness (QED) is 0.426. The standard InChI is InChI=1S/C24H32ClFN4O/c25-21-4-3-19(26)12-20(21)22(27)5-6-23(28)29-14-18-13-24(18)7-9-30(10-8-24)15-17-2-1-11-31-16-17/h3-6,12,17-18,27H,1-2,7-11,13-16H2,(H2,28,29)/b6-5-,27-22?. The number of nitrogens with zero attached hydrogens (tertiary/aromatic N) is 1. The Morgan fingerprint density at radius 2 is 2.10 bits per heavy atom. The van der Waals surface area contributed by atoms with E-state index in [0.29, 0.717) is 27.8 Å².